The Hall–Kier alpha value is -2.67. The summed E-state index contributed by atoms with van der Waals surface area (Å²) in [7, 11) is 0. The highest BCUT2D eigenvalue weighted by Gasteiger charge is 2.24. The van der Waals surface area contributed by atoms with Gasteiger partial charge in [-0.25, -0.2) is 0 Å². The van der Waals surface area contributed by atoms with Gasteiger partial charge >= 0.3 is 0 Å². The average molecular weight is 270 g/mol. The Morgan fingerprint density at radius 1 is 0.762 bits per heavy atom. The molecule has 0 unspecified atom stereocenters. The minimum Gasteiger partial charge on any atom is -0.294 e. The van der Waals surface area contributed by atoms with E-state index in [2.05, 4.69) is 24.3 Å². The van der Waals surface area contributed by atoms with Crippen LogP contribution in [0.1, 0.15) is 11.1 Å². The standard InChI is InChI=1S/C20H14O/c21-20(14-7-1-2-8-14)13-19-17-11-5-3-9-15(17)16-10-4-6-12-18(16)19/h1-14H. The zero-order valence-corrected chi connectivity index (χ0v) is 11.5. The van der Waals surface area contributed by atoms with E-state index in [0.29, 0.717) is 0 Å². The number of carbonyl (C=O) groups is 1. The SMILES string of the molecule is O=C(C=C1c2ccccc2-c2ccccc21)C1C=CC=C1. The van der Waals surface area contributed by atoms with Crippen molar-refractivity contribution in [3.8, 4) is 11.1 Å². The number of allylic oxidation sites excluding steroid dienone is 5. The van der Waals surface area contributed by atoms with Crippen LogP contribution in [0.2, 0.25) is 0 Å². The first-order valence-corrected chi connectivity index (χ1v) is 7.14. The molecule has 1 nitrogen and oxygen atoms in total. The molecule has 0 saturated carbocycles. The molecular formula is C20H14O. The summed E-state index contributed by atoms with van der Waals surface area (Å²) in [6, 6.07) is 16.6. The van der Waals surface area contributed by atoms with Gasteiger partial charge in [0.25, 0.3) is 0 Å². The van der Waals surface area contributed by atoms with Crippen LogP contribution in [0.4, 0.5) is 0 Å². The Bertz CT molecular complexity index is 762. The van der Waals surface area contributed by atoms with Gasteiger partial charge in [-0.1, -0.05) is 72.8 Å². The third-order valence-corrected chi connectivity index (χ3v) is 4.09. The molecule has 0 saturated heterocycles. The number of ketones is 1. The lowest BCUT2D eigenvalue weighted by molar-refractivity contribution is -0.115. The molecule has 0 amide bonds. The molecule has 2 aliphatic carbocycles. The van der Waals surface area contributed by atoms with Crippen molar-refractivity contribution in [2.24, 2.45) is 5.92 Å². The van der Waals surface area contributed by atoms with Crippen LogP contribution in [0.15, 0.2) is 78.9 Å². The molecule has 2 aromatic carbocycles. The van der Waals surface area contributed by atoms with Gasteiger partial charge in [-0.3, -0.25) is 4.79 Å². The van der Waals surface area contributed by atoms with Crippen LogP contribution >= 0.6 is 0 Å². The van der Waals surface area contributed by atoms with Crippen molar-refractivity contribution in [1.82, 2.24) is 0 Å². The van der Waals surface area contributed by atoms with E-state index >= 15 is 0 Å². The van der Waals surface area contributed by atoms with Crippen LogP contribution in [0, 0.1) is 5.92 Å². The summed E-state index contributed by atoms with van der Waals surface area (Å²) < 4.78 is 0. The zero-order chi connectivity index (χ0) is 14.2. The summed E-state index contributed by atoms with van der Waals surface area (Å²) in [6.45, 7) is 0. The maximum absolute atomic E-state index is 12.4. The third kappa shape index (κ3) is 1.90. The van der Waals surface area contributed by atoms with E-state index in [4.69, 9.17) is 0 Å². The molecule has 2 aliphatic rings. The lowest BCUT2D eigenvalue weighted by Crippen LogP contribution is -2.05. The predicted molar refractivity (Wildman–Crippen MR) is 85.7 cm³/mol. The van der Waals surface area contributed by atoms with Gasteiger partial charge in [0.15, 0.2) is 5.78 Å². The molecule has 100 valence electrons. The summed E-state index contributed by atoms with van der Waals surface area (Å²) >= 11 is 0. The Morgan fingerprint density at radius 2 is 1.24 bits per heavy atom. The highest BCUT2D eigenvalue weighted by Crippen LogP contribution is 2.43. The molecule has 0 radical (unpaired) electrons. The predicted octanol–water partition coefficient (Wildman–Crippen LogP) is 4.41. The van der Waals surface area contributed by atoms with Crippen LogP contribution in [-0.4, -0.2) is 5.78 Å². The van der Waals surface area contributed by atoms with Crippen molar-refractivity contribution in [2.45, 2.75) is 0 Å². The molecule has 0 bridgehead atoms. The smallest absolute Gasteiger partial charge is 0.166 e. The fraction of sp³-hybridized carbons (Fsp3) is 0.0500. The molecule has 2 aromatic rings. The molecule has 1 heteroatoms. The van der Waals surface area contributed by atoms with Crippen LogP contribution < -0.4 is 0 Å². The third-order valence-electron chi connectivity index (χ3n) is 4.09. The van der Waals surface area contributed by atoms with E-state index in [1.165, 1.54) is 11.1 Å². The number of rotatable bonds is 2. The molecular weight excluding hydrogens is 256 g/mol. The van der Waals surface area contributed by atoms with Crippen LogP contribution in [-0.2, 0) is 4.79 Å². The Balaban J connectivity index is 1.87. The van der Waals surface area contributed by atoms with E-state index in [0.717, 1.165) is 16.7 Å². The molecule has 0 spiro atoms. The molecule has 0 N–H and O–H groups in total. The summed E-state index contributed by atoms with van der Waals surface area (Å²) in [5, 5.41) is 0. The van der Waals surface area contributed by atoms with E-state index in [9.17, 15) is 4.79 Å². The second kappa shape index (κ2) is 4.71. The normalized spacial score (nSPS) is 15.1. The summed E-state index contributed by atoms with van der Waals surface area (Å²) in [6.07, 6.45) is 9.53. The monoisotopic (exact) mass is 270 g/mol. The Kier molecular flexibility index (Phi) is 2.71. The quantitative estimate of drug-likeness (QED) is 0.630. The van der Waals surface area contributed by atoms with E-state index < -0.39 is 0 Å². The second-order valence-electron chi connectivity index (χ2n) is 5.35. The first kappa shape index (κ1) is 12.1. The first-order chi connectivity index (χ1) is 10.3. The first-order valence-electron chi connectivity index (χ1n) is 7.14. The van der Waals surface area contributed by atoms with Gasteiger partial charge in [-0.2, -0.15) is 0 Å². The van der Waals surface area contributed by atoms with Gasteiger partial charge < -0.3 is 0 Å². The summed E-state index contributed by atoms with van der Waals surface area (Å²) in [5.41, 5.74) is 5.77. The van der Waals surface area contributed by atoms with Gasteiger partial charge in [-0.15, -0.1) is 0 Å². The van der Waals surface area contributed by atoms with Gasteiger partial charge in [0.2, 0.25) is 0 Å². The zero-order valence-electron chi connectivity index (χ0n) is 11.5. The molecule has 21 heavy (non-hydrogen) atoms. The number of hydrogen-bond acceptors (Lipinski definition) is 1. The maximum Gasteiger partial charge on any atom is 0.166 e. The van der Waals surface area contributed by atoms with Gasteiger partial charge in [0.05, 0.1) is 5.92 Å². The fourth-order valence-corrected chi connectivity index (χ4v) is 3.07. The van der Waals surface area contributed by atoms with Crippen molar-refractivity contribution in [3.63, 3.8) is 0 Å². The molecule has 0 atom stereocenters. The molecule has 4 rings (SSSR count). The van der Waals surface area contributed by atoms with Gasteiger partial charge in [0.1, 0.15) is 0 Å². The van der Waals surface area contributed by atoms with Crippen molar-refractivity contribution in [1.29, 1.82) is 0 Å². The van der Waals surface area contributed by atoms with Crippen LogP contribution in [0.3, 0.4) is 0 Å². The highest BCUT2D eigenvalue weighted by molar-refractivity contribution is 6.10. The Morgan fingerprint density at radius 3 is 1.76 bits per heavy atom. The maximum atomic E-state index is 12.4. The number of fused-ring (bicyclic) bond motifs is 3. The minimum atomic E-state index is -0.113. The van der Waals surface area contributed by atoms with E-state index in [1.807, 2.05) is 48.6 Å². The number of benzene rings is 2. The van der Waals surface area contributed by atoms with Crippen molar-refractivity contribution >= 4 is 11.4 Å². The van der Waals surface area contributed by atoms with Gasteiger partial charge in [0, 0.05) is 0 Å². The topological polar surface area (TPSA) is 17.1 Å². The van der Waals surface area contributed by atoms with E-state index in [1.54, 1.807) is 6.08 Å². The van der Waals surface area contributed by atoms with Crippen molar-refractivity contribution in [3.05, 3.63) is 90.0 Å². The largest absolute Gasteiger partial charge is 0.294 e. The lowest BCUT2D eigenvalue weighted by atomic mass is 9.98. The average Bonchev–Trinajstić information content (AvgIpc) is 3.15. The summed E-state index contributed by atoms with van der Waals surface area (Å²) in [5.74, 6) is 0.0268. The molecule has 0 aliphatic heterocycles. The molecule has 0 aromatic heterocycles. The number of carbonyl (C=O) groups excluding carboxylic acids is 1. The fourth-order valence-electron chi connectivity index (χ4n) is 3.07. The molecule has 0 fully saturated rings. The van der Waals surface area contributed by atoms with E-state index in [-0.39, 0.29) is 11.7 Å². The highest BCUT2D eigenvalue weighted by atomic mass is 16.1. The molecule has 0 heterocycles. The minimum absolute atomic E-state index is 0.113. The van der Waals surface area contributed by atoms with Gasteiger partial charge in [-0.05, 0) is 33.9 Å². The van der Waals surface area contributed by atoms with Crippen LogP contribution in [0.25, 0.3) is 16.7 Å². The number of hydrogen-bond donors (Lipinski definition) is 0. The Labute approximate surface area is 123 Å². The van der Waals surface area contributed by atoms with Crippen molar-refractivity contribution in [2.75, 3.05) is 0 Å². The van der Waals surface area contributed by atoms with Crippen molar-refractivity contribution < 1.29 is 4.79 Å². The second-order valence-corrected chi connectivity index (χ2v) is 5.35. The van der Waals surface area contributed by atoms with Crippen LogP contribution in [0.5, 0.6) is 0 Å². The lowest BCUT2D eigenvalue weighted by Gasteiger charge is -2.04. The summed E-state index contributed by atoms with van der Waals surface area (Å²) in [4.78, 5) is 12.4.